The van der Waals surface area contributed by atoms with Gasteiger partial charge in [-0.1, -0.05) is 32.1 Å². The smallest absolute Gasteiger partial charge is 0.00463 e. The Morgan fingerprint density at radius 2 is 1.42 bits per heavy atom. The van der Waals surface area contributed by atoms with Crippen molar-refractivity contribution in [3.63, 3.8) is 0 Å². The van der Waals surface area contributed by atoms with Crippen molar-refractivity contribution in [3.05, 3.63) is 0 Å². The molecule has 1 aliphatic heterocycles. The summed E-state index contributed by atoms with van der Waals surface area (Å²) in [5.41, 5.74) is 0. The van der Waals surface area contributed by atoms with Crippen LogP contribution >= 0.6 is 0 Å². The molecule has 2 rings (SSSR count). The molecule has 0 aromatic carbocycles. The zero-order chi connectivity index (χ0) is 8.23. The second-order valence-corrected chi connectivity index (χ2v) is 4.57. The summed E-state index contributed by atoms with van der Waals surface area (Å²) in [4.78, 5) is 0. The van der Waals surface area contributed by atoms with E-state index in [9.17, 15) is 0 Å². The number of nitrogens with one attached hydrogen (secondary N) is 1. The van der Waals surface area contributed by atoms with Crippen LogP contribution in [0.1, 0.15) is 44.9 Å². The fourth-order valence-corrected chi connectivity index (χ4v) is 2.42. The molecule has 1 saturated heterocycles. The third-order valence-corrected chi connectivity index (χ3v) is 3.67. The summed E-state index contributed by atoms with van der Waals surface area (Å²) in [6.45, 7) is 2.55. The molecule has 1 N–H and O–H groups in total. The van der Waals surface area contributed by atoms with Crippen molar-refractivity contribution in [1.29, 1.82) is 0 Å². The number of rotatable bonds is 3. The molecule has 0 bridgehead atoms. The molecule has 0 unspecified atom stereocenters. The largest absolute Gasteiger partial charge is 0.317 e. The van der Waals surface area contributed by atoms with Crippen LogP contribution in [0.5, 0.6) is 0 Å². The van der Waals surface area contributed by atoms with Gasteiger partial charge in [-0.2, -0.15) is 0 Å². The second-order valence-electron chi connectivity index (χ2n) is 4.57. The van der Waals surface area contributed by atoms with Crippen LogP contribution in [0.4, 0.5) is 0 Å². The van der Waals surface area contributed by atoms with E-state index in [1.165, 1.54) is 58.0 Å². The van der Waals surface area contributed by atoms with E-state index in [4.69, 9.17) is 0 Å². The van der Waals surface area contributed by atoms with E-state index >= 15 is 0 Å². The lowest BCUT2D eigenvalue weighted by molar-refractivity contribution is 0.250. The van der Waals surface area contributed by atoms with E-state index in [-0.39, 0.29) is 0 Å². The summed E-state index contributed by atoms with van der Waals surface area (Å²) < 4.78 is 0. The van der Waals surface area contributed by atoms with Gasteiger partial charge < -0.3 is 5.32 Å². The summed E-state index contributed by atoms with van der Waals surface area (Å²) in [5.74, 6) is 2.19. The fourth-order valence-electron chi connectivity index (χ4n) is 2.42. The van der Waals surface area contributed by atoms with Crippen molar-refractivity contribution in [3.8, 4) is 0 Å². The van der Waals surface area contributed by atoms with Crippen LogP contribution in [-0.2, 0) is 0 Å². The first kappa shape index (κ1) is 8.55. The molecule has 1 saturated carbocycles. The molecule has 1 heteroatoms. The summed E-state index contributed by atoms with van der Waals surface area (Å²) >= 11 is 0. The second kappa shape index (κ2) is 4.27. The minimum absolute atomic E-state index is 1.06. The van der Waals surface area contributed by atoms with Crippen LogP contribution in [0.15, 0.2) is 0 Å². The van der Waals surface area contributed by atoms with Crippen LogP contribution in [-0.4, -0.2) is 13.1 Å². The van der Waals surface area contributed by atoms with Gasteiger partial charge in [0, 0.05) is 0 Å². The van der Waals surface area contributed by atoms with E-state index in [0.717, 1.165) is 11.8 Å². The van der Waals surface area contributed by atoms with Gasteiger partial charge in [-0.3, -0.25) is 0 Å². The van der Waals surface area contributed by atoms with Crippen LogP contribution in [0.3, 0.4) is 0 Å². The lowest BCUT2D eigenvalue weighted by Crippen LogP contribution is -2.28. The molecular formula is C11H21N. The Hall–Kier alpha value is -0.0400. The highest BCUT2D eigenvalue weighted by atomic mass is 14.9. The molecule has 0 atom stereocenters. The van der Waals surface area contributed by atoms with Gasteiger partial charge in [-0.15, -0.1) is 0 Å². The van der Waals surface area contributed by atoms with E-state index < -0.39 is 0 Å². The SMILES string of the molecule is C1CC(CCC2CCNCC2)C1. The van der Waals surface area contributed by atoms with Crippen LogP contribution < -0.4 is 5.32 Å². The Kier molecular flexibility index (Phi) is 3.04. The molecular weight excluding hydrogens is 146 g/mol. The summed E-state index contributed by atoms with van der Waals surface area (Å²) in [7, 11) is 0. The molecule has 1 heterocycles. The average Bonchev–Trinajstić information content (AvgIpc) is 2.04. The molecule has 0 radical (unpaired) electrons. The first-order valence-electron chi connectivity index (χ1n) is 5.66. The van der Waals surface area contributed by atoms with E-state index in [2.05, 4.69) is 5.32 Å². The molecule has 2 aliphatic rings. The maximum absolute atomic E-state index is 3.43. The van der Waals surface area contributed by atoms with Gasteiger partial charge in [-0.25, -0.2) is 0 Å². The van der Waals surface area contributed by atoms with Gasteiger partial charge in [0.25, 0.3) is 0 Å². The minimum Gasteiger partial charge on any atom is -0.317 e. The minimum atomic E-state index is 1.06. The van der Waals surface area contributed by atoms with Gasteiger partial charge in [0.1, 0.15) is 0 Å². The van der Waals surface area contributed by atoms with E-state index in [1.54, 1.807) is 0 Å². The van der Waals surface area contributed by atoms with Gasteiger partial charge in [0.05, 0.1) is 0 Å². The third-order valence-electron chi connectivity index (χ3n) is 3.67. The Labute approximate surface area is 75.9 Å². The van der Waals surface area contributed by atoms with Crippen molar-refractivity contribution >= 4 is 0 Å². The summed E-state index contributed by atoms with van der Waals surface area (Å²) in [6.07, 6.45) is 10.5. The highest BCUT2D eigenvalue weighted by Gasteiger charge is 2.19. The van der Waals surface area contributed by atoms with Gasteiger partial charge in [0.15, 0.2) is 0 Å². The zero-order valence-electron chi connectivity index (χ0n) is 8.02. The van der Waals surface area contributed by atoms with Gasteiger partial charge in [0.2, 0.25) is 0 Å². The Bertz CT molecular complexity index is 123. The number of hydrogen-bond donors (Lipinski definition) is 1. The van der Waals surface area contributed by atoms with Crippen molar-refractivity contribution < 1.29 is 0 Å². The highest BCUT2D eigenvalue weighted by Crippen LogP contribution is 2.32. The normalized spacial score (nSPS) is 27.0. The van der Waals surface area contributed by atoms with Crippen LogP contribution in [0.25, 0.3) is 0 Å². The maximum atomic E-state index is 3.43. The van der Waals surface area contributed by atoms with Gasteiger partial charge >= 0.3 is 0 Å². The molecule has 0 spiro atoms. The maximum Gasteiger partial charge on any atom is -0.00463 e. The molecule has 12 heavy (non-hydrogen) atoms. The van der Waals surface area contributed by atoms with E-state index in [0.29, 0.717) is 0 Å². The molecule has 2 fully saturated rings. The first-order chi connectivity index (χ1) is 5.95. The number of hydrogen-bond acceptors (Lipinski definition) is 1. The topological polar surface area (TPSA) is 12.0 Å². The number of piperidine rings is 1. The van der Waals surface area contributed by atoms with Crippen molar-refractivity contribution in [1.82, 2.24) is 5.32 Å². The lowest BCUT2D eigenvalue weighted by atomic mass is 9.79. The molecule has 1 nitrogen and oxygen atoms in total. The molecule has 0 amide bonds. The monoisotopic (exact) mass is 167 g/mol. The quantitative estimate of drug-likeness (QED) is 0.681. The Morgan fingerprint density at radius 3 is 1.92 bits per heavy atom. The van der Waals surface area contributed by atoms with Crippen molar-refractivity contribution in [2.24, 2.45) is 11.8 Å². The standard InChI is InChI=1S/C11H21N/c1-2-10(3-1)4-5-11-6-8-12-9-7-11/h10-12H,1-9H2. The zero-order valence-corrected chi connectivity index (χ0v) is 8.02. The predicted molar refractivity (Wildman–Crippen MR) is 52.2 cm³/mol. The van der Waals surface area contributed by atoms with Crippen LogP contribution in [0.2, 0.25) is 0 Å². The van der Waals surface area contributed by atoms with Crippen molar-refractivity contribution in [2.75, 3.05) is 13.1 Å². The Balaban J connectivity index is 1.58. The summed E-state index contributed by atoms with van der Waals surface area (Å²) in [5, 5.41) is 3.43. The highest BCUT2D eigenvalue weighted by molar-refractivity contribution is 4.74. The van der Waals surface area contributed by atoms with E-state index in [1.807, 2.05) is 0 Å². The third kappa shape index (κ3) is 2.22. The lowest BCUT2D eigenvalue weighted by Gasteiger charge is -2.29. The predicted octanol–water partition coefficient (Wildman–Crippen LogP) is 2.57. The first-order valence-corrected chi connectivity index (χ1v) is 5.66. The molecule has 0 aromatic heterocycles. The fraction of sp³-hybridized carbons (Fsp3) is 1.00. The van der Waals surface area contributed by atoms with Gasteiger partial charge in [-0.05, 0) is 37.8 Å². The Morgan fingerprint density at radius 1 is 0.833 bits per heavy atom. The molecule has 1 aliphatic carbocycles. The average molecular weight is 167 g/mol. The molecule has 70 valence electrons. The van der Waals surface area contributed by atoms with Crippen LogP contribution in [0, 0.1) is 11.8 Å². The summed E-state index contributed by atoms with van der Waals surface area (Å²) in [6, 6.07) is 0. The molecule has 0 aromatic rings. The van der Waals surface area contributed by atoms with Crippen molar-refractivity contribution in [2.45, 2.75) is 44.9 Å².